The van der Waals surface area contributed by atoms with Crippen LogP contribution in [0.4, 0.5) is 5.69 Å². The molecule has 2 aliphatic heterocycles. The van der Waals surface area contributed by atoms with Crippen LogP contribution in [0.2, 0.25) is 0 Å². The number of nitrogens with one attached hydrogen (secondary N) is 1. The van der Waals surface area contributed by atoms with Gasteiger partial charge in [0.1, 0.15) is 6.04 Å². The van der Waals surface area contributed by atoms with Crippen LogP contribution in [-0.4, -0.2) is 77.6 Å². The molecule has 1 aromatic carbocycles. The van der Waals surface area contributed by atoms with Crippen LogP contribution >= 0.6 is 0 Å². The third kappa shape index (κ3) is 3.40. The third-order valence-corrected chi connectivity index (χ3v) is 4.74. The Hall–Kier alpha value is -2.90. The van der Waals surface area contributed by atoms with Crippen molar-refractivity contribution in [1.29, 1.82) is 0 Å². The average Bonchev–Trinajstić information content (AvgIpc) is 2.65. The zero-order valence-electron chi connectivity index (χ0n) is 14.9. The minimum Gasteiger partial charge on any atom is -0.335 e. The van der Waals surface area contributed by atoms with Crippen molar-refractivity contribution in [2.24, 2.45) is 0 Å². The number of nitrogens with zero attached hydrogens (tertiary/aromatic N) is 3. The Balaban J connectivity index is 1.75. The van der Waals surface area contributed by atoms with Gasteiger partial charge in [0.2, 0.25) is 17.7 Å². The Morgan fingerprint density at radius 2 is 2.00 bits per heavy atom. The highest BCUT2D eigenvalue weighted by Gasteiger charge is 2.42. The van der Waals surface area contributed by atoms with Crippen LogP contribution in [0.3, 0.4) is 0 Å². The quantitative estimate of drug-likeness (QED) is 0.833. The van der Waals surface area contributed by atoms with Gasteiger partial charge in [-0.2, -0.15) is 0 Å². The van der Waals surface area contributed by atoms with Gasteiger partial charge in [-0.05, 0) is 18.2 Å². The summed E-state index contributed by atoms with van der Waals surface area (Å²) >= 11 is 0. The van der Waals surface area contributed by atoms with Crippen LogP contribution < -0.4 is 5.32 Å². The fourth-order valence-electron chi connectivity index (χ4n) is 3.27. The van der Waals surface area contributed by atoms with E-state index in [1.165, 1.54) is 4.90 Å². The highest BCUT2D eigenvalue weighted by molar-refractivity contribution is 5.99. The molecule has 1 aromatic rings. The van der Waals surface area contributed by atoms with Gasteiger partial charge in [0.05, 0.1) is 13.1 Å². The van der Waals surface area contributed by atoms with Crippen molar-refractivity contribution >= 4 is 29.3 Å². The van der Waals surface area contributed by atoms with E-state index in [4.69, 9.17) is 0 Å². The van der Waals surface area contributed by atoms with Gasteiger partial charge in [-0.15, -0.1) is 0 Å². The SMILES string of the molecule is CCC(=O)Nc1cccc(C(=O)N2CCN3C(=O)CN(C)C(=O)C3C2)c1. The van der Waals surface area contributed by atoms with Crippen LogP contribution in [0.1, 0.15) is 23.7 Å². The van der Waals surface area contributed by atoms with Crippen molar-refractivity contribution in [2.45, 2.75) is 19.4 Å². The van der Waals surface area contributed by atoms with Crippen LogP contribution in [0.25, 0.3) is 0 Å². The Morgan fingerprint density at radius 3 is 2.73 bits per heavy atom. The maximum absolute atomic E-state index is 12.8. The standard InChI is InChI=1S/C18H22N4O4/c1-3-15(23)19-13-6-4-5-12(9-13)17(25)21-7-8-22-14(10-21)18(26)20(2)11-16(22)24/h4-6,9,14H,3,7-8,10-11H2,1-2H3,(H,19,23). The molecule has 1 atom stereocenters. The van der Waals surface area contributed by atoms with Crippen molar-refractivity contribution in [3.63, 3.8) is 0 Å². The highest BCUT2D eigenvalue weighted by Crippen LogP contribution is 2.20. The third-order valence-electron chi connectivity index (χ3n) is 4.74. The number of benzene rings is 1. The summed E-state index contributed by atoms with van der Waals surface area (Å²) in [6.07, 6.45) is 0.353. The molecule has 3 rings (SSSR count). The monoisotopic (exact) mass is 358 g/mol. The summed E-state index contributed by atoms with van der Waals surface area (Å²) in [5, 5.41) is 2.73. The van der Waals surface area contributed by atoms with E-state index < -0.39 is 6.04 Å². The fraction of sp³-hybridized carbons (Fsp3) is 0.444. The van der Waals surface area contributed by atoms with Crippen LogP contribution in [0.5, 0.6) is 0 Å². The van der Waals surface area contributed by atoms with Gasteiger partial charge in [0.25, 0.3) is 5.91 Å². The molecule has 0 spiro atoms. The Morgan fingerprint density at radius 1 is 1.23 bits per heavy atom. The first-order chi connectivity index (χ1) is 12.4. The lowest BCUT2D eigenvalue weighted by Gasteiger charge is -2.45. The summed E-state index contributed by atoms with van der Waals surface area (Å²) in [5.74, 6) is -0.581. The zero-order valence-corrected chi connectivity index (χ0v) is 14.9. The van der Waals surface area contributed by atoms with Gasteiger partial charge in [-0.25, -0.2) is 0 Å². The van der Waals surface area contributed by atoms with E-state index in [1.54, 1.807) is 48.0 Å². The van der Waals surface area contributed by atoms with E-state index in [0.29, 0.717) is 30.8 Å². The predicted octanol–water partition coefficient (Wildman–Crippen LogP) is 0.160. The van der Waals surface area contributed by atoms with Gasteiger partial charge in [0, 0.05) is 37.8 Å². The number of carbonyl (C=O) groups is 4. The normalized spacial score (nSPS) is 20.1. The predicted molar refractivity (Wildman–Crippen MR) is 94.4 cm³/mol. The minimum absolute atomic E-state index is 0.0858. The molecule has 8 nitrogen and oxygen atoms in total. The smallest absolute Gasteiger partial charge is 0.254 e. The molecule has 2 heterocycles. The fourth-order valence-corrected chi connectivity index (χ4v) is 3.27. The van der Waals surface area contributed by atoms with Crippen LogP contribution in [-0.2, 0) is 14.4 Å². The van der Waals surface area contributed by atoms with Gasteiger partial charge in [-0.3, -0.25) is 19.2 Å². The second-order valence-electron chi connectivity index (χ2n) is 6.53. The molecule has 2 aliphatic rings. The van der Waals surface area contributed by atoms with Crippen molar-refractivity contribution in [3.05, 3.63) is 29.8 Å². The topological polar surface area (TPSA) is 90.0 Å². The second-order valence-corrected chi connectivity index (χ2v) is 6.53. The number of fused-ring (bicyclic) bond motifs is 1. The maximum Gasteiger partial charge on any atom is 0.254 e. The van der Waals surface area contributed by atoms with E-state index in [1.807, 2.05) is 0 Å². The molecule has 1 N–H and O–H groups in total. The van der Waals surface area contributed by atoms with Crippen molar-refractivity contribution in [1.82, 2.24) is 14.7 Å². The van der Waals surface area contributed by atoms with Gasteiger partial charge >= 0.3 is 0 Å². The molecular formula is C18H22N4O4. The molecule has 4 amide bonds. The summed E-state index contributed by atoms with van der Waals surface area (Å²) in [5.41, 5.74) is 1.00. The molecule has 0 aliphatic carbocycles. The number of hydrogen-bond acceptors (Lipinski definition) is 4. The highest BCUT2D eigenvalue weighted by atomic mass is 16.2. The molecule has 0 aromatic heterocycles. The van der Waals surface area contributed by atoms with E-state index in [0.717, 1.165) is 0 Å². The number of piperazine rings is 2. The Kier molecular flexibility index (Phi) is 4.92. The first kappa shape index (κ1) is 17.9. The summed E-state index contributed by atoms with van der Waals surface area (Å²) in [7, 11) is 1.60. The van der Waals surface area contributed by atoms with Gasteiger partial charge < -0.3 is 20.0 Å². The first-order valence-electron chi connectivity index (χ1n) is 8.64. The lowest BCUT2D eigenvalue weighted by Crippen LogP contribution is -2.66. The summed E-state index contributed by atoms with van der Waals surface area (Å²) in [4.78, 5) is 53.4. The maximum atomic E-state index is 12.8. The molecule has 8 heteroatoms. The number of hydrogen-bond donors (Lipinski definition) is 1. The summed E-state index contributed by atoms with van der Waals surface area (Å²) < 4.78 is 0. The number of carbonyl (C=O) groups excluding carboxylic acids is 4. The van der Waals surface area contributed by atoms with E-state index in [-0.39, 0.29) is 36.7 Å². The van der Waals surface area contributed by atoms with Gasteiger partial charge in [0.15, 0.2) is 0 Å². The molecule has 0 saturated carbocycles. The first-order valence-corrected chi connectivity index (χ1v) is 8.64. The molecule has 2 saturated heterocycles. The van der Waals surface area contributed by atoms with Crippen molar-refractivity contribution in [3.8, 4) is 0 Å². The molecule has 0 radical (unpaired) electrons. The second kappa shape index (κ2) is 7.15. The van der Waals surface area contributed by atoms with Crippen LogP contribution in [0.15, 0.2) is 24.3 Å². The lowest BCUT2D eigenvalue weighted by molar-refractivity contribution is -0.157. The molecular weight excluding hydrogens is 336 g/mol. The number of amides is 4. The molecule has 138 valence electrons. The average molecular weight is 358 g/mol. The Labute approximate surface area is 151 Å². The zero-order chi connectivity index (χ0) is 18.8. The molecule has 1 unspecified atom stereocenters. The van der Waals surface area contributed by atoms with Crippen molar-refractivity contribution < 1.29 is 19.2 Å². The number of likely N-dealkylation sites (N-methyl/N-ethyl adjacent to an activating group) is 1. The van der Waals surface area contributed by atoms with E-state index in [2.05, 4.69) is 5.32 Å². The Bertz CT molecular complexity index is 763. The van der Waals surface area contributed by atoms with Crippen molar-refractivity contribution in [2.75, 3.05) is 38.5 Å². The number of rotatable bonds is 3. The largest absolute Gasteiger partial charge is 0.335 e. The van der Waals surface area contributed by atoms with Gasteiger partial charge in [-0.1, -0.05) is 13.0 Å². The molecule has 2 fully saturated rings. The molecule has 26 heavy (non-hydrogen) atoms. The lowest BCUT2D eigenvalue weighted by atomic mass is 10.1. The summed E-state index contributed by atoms with van der Waals surface area (Å²) in [6.45, 7) is 2.75. The minimum atomic E-state index is -0.623. The summed E-state index contributed by atoms with van der Waals surface area (Å²) in [6, 6.07) is 6.11. The number of anilines is 1. The molecule has 0 bridgehead atoms. The van der Waals surface area contributed by atoms with Crippen LogP contribution in [0, 0.1) is 0 Å². The van der Waals surface area contributed by atoms with E-state index in [9.17, 15) is 19.2 Å². The van der Waals surface area contributed by atoms with E-state index >= 15 is 0 Å².